The minimum Gasteiger partial charge on any atom is -0.347 e. The van der Waals surface area contributed by atoms with E-state index in [1.807, 2.05) is 0 Å². The molecule has 0 amide bonds. The summed E-state index contributed by atoms with van der Waals surface area (Å²) in [5, 5.41) is 1.45. The van der Waals surface area contributed by atoms with Crippen LogP contribution in [0.3, 0.4) is 0 Å². The maximum absolute atomic E-state index is 2.45. The fourth-order valence-electron chi connectivity index (χ4n) is 3.24. The number of fused-ring (bicyclic) bond motifs is 1. The fraction of sp³-hybridized carbons (Fsp3) is 0.333. The van der Waals surface area contributed by atoms with E-state index < -0.39 is 0 Å². The van der Waals surface area contributed by atoms with Gasteiger partial charge in [-0.1, -0.05) is 55.3 Å². The molecule has 22 heavy (non-hydrogen) atoms. The van der Waals surface area contributed by atoms with Gasteiger partial charge in [0.15, 0.2) is 0 Å². The van der Waals surface area contributed by atoms with E-state index >= 15 is 0 Å². The van der Waals surface area contributed by atoms with E-state index in [4.69, 9.17) is 0 Å². The Morgan fingerprint density at radius 3 is 2.55 bits per heavy atom. The molecule has 3 rings (SSSR count). The Hall–Kier alpha value is -2.02. The number of hydrogen-bond acceptors (Lipinski definition) is 0. The quantitative estimate of drug-likeness (QED) is 0.562. The molecule has 0 atom stereocenters. The number of aromatic nitrogens is 1. The summed E-state index contributed by atoms with van der Waals surface area (Å²) < 4.78 is 2.45. The van der Waals surface area contributed by atoms with Gasteiger partial charge in [0.25, 0.3) is 0 Å². The zero-order chi connectivity index (χ0) is 15.4. The lowest BCUT2D eigenvalue weighted by atomic mass is 10.1. The van der Waals surface area contributed by atoms with Gasteiger partial charge in [-0.15, -0.1) is 0 Å². The van der Waals surface area contributed by atoms with Crippen LogP contribution in [-0.4, -0.2) is 4.57 Å². The Labute approximate surface area is 133 Å². The third-order valence-electron chi connectivity index (χ3n) is 4.35. The van der Waals surface area contributed by atoms with E-state index in [0.717, 1.165) is 13.0 Å². The van der Waals surface area contributed by atoms with Crippen molar-refractivity contribution in [2.75, 3.05) is 0 Å². The van der Waals surface area contributed by atoms with Crippen molar-refractivity contribution in [3.63, 3.8) is 0 Å². The van der Waals surface area contributed by atoms with Crippen molar-refractivity contribution in [1.29, 1.82) is 0 Å². The first-order valence-corrected chi connectivity index (χ1v) is 8.40. The third-order valence-corrected chi connectivity index (χ3v) is 4.35. The predicted molar refractivity (Wildman–Crippen MR) is 95.4 cm³/mol. The second-order valence-corrected chi connectivity index (χ2v) is 6.21. The van der Waals surface area contributed by atoms with Gasteiger partial charge >= 0.3 is 0 Å². The number of rotatable bonds is 6. The molecule has 0 unspecified atom stereocenters. The maximum Gasteiger partial charge on any atom is 0.0483 e. The summed E-state index contributed by atoms with van der Waals surface area (Å²) in [7, 11) is 0. The SMILES string of the molecule is CCCc1cn(CCCc2ccccc2)c2ccc(C)cc12. The van der Waals surface area contributed by atoms with Crippen LogP contribution in [0.5, 0.6) is 0 Å². The van der Waals surface area contributed by atoms with Crippen LogP contribution in [0.1, 0.15) is 36.5 Å². The van der Waals surface area contributed by atoms with Crippen molar-refractivity contribution < 1.29 is 0 Å². The first kappa shape index (κ1) is 14.9. The van der Waals surface area contributed by atoms with Crippen LogP contribution in [0.15, 0.2) is 54.7 Å². The lowest BCUT2D eigenvalue weighted by Gasteiger charge is -2.06. The number of nitrogens with zero attached hydrogens (tertiary/aromatic N) is 1. The van der Waals surface area contributed by atoms with E-state index in [-0.39, 0.29) is 0 Å². The van der Waals surface area contributed by atoms with Crippen LogP contribution in [0.4, 0.5) is 0 Å². The van der Waals surface area contributed by atoms with E-state index in [1.165, 1.54) is 46.9 Å². The Morgan fingerprint density at radius 1 is 0.955 bits per heavy atom. The summed E-state index contributed by atoms with van der Waals surface area (Å²) in [6, 6.07) is 17.6. The minimum atomic E-state index is 1.10. The molecule has 1 aromatic heterocycles. The van der Waals surface area contributed by atoms with Crippen molar-refractivity contribution in [1.82, 2.24) is 4.57 Å². The monoisotopic (exact) mass is 291 g/mol. The molecular weight excluding hydrogens is 266 g/mol. The standard InChI is InChI=1S/C21H25N/c1-3-8-19-16-22(21-13-12-17(2)15-20(19)21)14-7-11-18-9-5-4-6-10-18/h4-6,9-10,12-13,15-16H,3,7-8,11,14H2,1-2H3. The molecule has 0 aliphatic rings. The van der Waals surface area contributed by atoms with Crippen LogP contribution >= 0.6 is 0 Å². The highest BCUT2D eigenvalue weighted by Gasteiger charge is 2.08. The molecule has 0 aliphatic heterocycles. The molecular formula is C21H25N. The molecule has 0 aliphatic carbocycles. The van der Waals surface area contributed by atoms with Gasteiger partial charge in [-0.3, -0.25) is 0 Å². The Bertz CT molecular complexity index is 737. The molecule has 3 aromatic rings. The van der Waals surface area contributed by atoms with Crippen molar-refractivity contribution in [2.45, 2.75) is 46.1 Å². The van der Waals surface area contributed by atoms with Gasteiger partial charge in [0.1, 0.15) is 0 Å². The van der Waals surface area contributed by atoms with Gasteiger partial charge in [0, 0.05) is 23.6 Å². The molecule has 1 heterocycles. The van der Waals surface area contributed by atoms with Crippen molar-refractivity contribution in [3.05, 3.63) is 71.4 Å². The number of benzene rings is 2. The van der Waals surface area contributed by atoms with Crippen LogP contribution < -0.4 is 0 Å². The molecule has 0 radical (unpaired) electrons. The average molecular weight is 291 g/mol. The fourth-order valence-corrected chi connectivity index (χ4v) is 3.24. The summed E-state index contributed by atoms with van der Waals surface area (Å²) in [5.41, 5.74) is 5.68. The predicted octanol–water partition coefficient (Wildman–Crippen LogP) is 5.54. The summed E-state index contributed by atoms with van der Waals surface area (Å²) in [6.07, 6.45) is 7.09. The molecule has 1 nitrogen and oxygen atoms in total. The van der Waals surface area contributed by atoms with Crippen molar-refractivity contribution >= 4 is 10.9 Å². The Morgan fingerprint density at radius 2 is 1.77 bits per heavy atom. The van der Waals surface area contributed by atoms with E-state index in [9.17, 15) is 0 Å². The summed E-state index contributed by atoms with van der Waals surface area (Å²) >= 11 is 0. The third kappa shape index (κ3) is 3.24. The number of hydrogen-bond donors (Lipinski definition) is 0. The summed E-state index contributed by atoms with van der Waals surface area (Å²) in [4.78, 5) is 0. The van der Waals surface area contributed by atoms with Crippen molar-refractivity contribution in [3.8, 4) is 0 Å². The van der Waals surface area contributed by atoms with E-state index in [0.29, 0.717) is 0 Å². The zero-order valence-electron chi connectivity index (χ0n) is 13.7. The normalized spacial score (nSPS) is 11.2. The first-order chi connectivity index (χ1) is 10.8. The first-order valence-electron chi connectivity index (χ1n) is 8.40. The lowest BCUT2D eigenvalue weighted by Crippen LogP contribution is -1.98. The topological polar surface area (TPSA) is 4.93 Å². The molecule has 0 saturated heterocycles. The second-order valence-electron chi connectivity index (χ2n) is 6.21. The van der Waals surface area contributed by atoms with Crippen LogP contribution in [0.2, 0.25) is 0 Å². The zero-order valence-corrected chi connectivity index (χ0v) is 13.7. The molecule has 0 saturated carbocycles. The van der Waals surface area contributed by atoms with Crippen molar-refractivity contribution in [2.24, 2.45) is 0 Å². The molecule has 0 spiro atoms. The highest BCUT2D eigenvalue weighted by atomic mass is 15.0. The summed E-state index contributed by atoms with van der Waals surface area (Å²) in [5.74, 6) is 0. The van der Waals surface area contributed by atoms with E-state index in [1.54, 1.807) is 0 Å². The highest BCUT2D eigenvalue weighted by molar-refractivity contribution is 5.84. The molecule has 0 N–H and O–H groups in total. The van der Waals surface area contributed by atoms with E-state index in [2.05, 4.69) is 73.1 Å². The molecule has 2 aromatic carbocycles. The molecule has 1 heteroatoms. The van der Waals surface area contributed by atoms with Gasteiger partial charge in [-0.25, -0.2) is 0 Å². The number of aryl methyl sites for hydroxylation is 4. The van der Waals surface area contributed by atoms with Gasteiger partial charge in [0.05, 0.1) is 0 Å². The summed E-state index contributed by atoms with van der Waals surface area (Å²) in [6.45, 7) is 5.54. The average Bonchev–Trinajstić information content (AvgIpc) is 2.86. The largest absolute Gasteiger partial charge is 0.347 e. The van der Waals surface area contributed by atoms with Gasteiger partial charge in [-0.05, 0) is 49.4 Å². The van der Waals surface area contributed by atoms with Gasteiger partial charge in [-0.2, -0.15) is 0 Å². The Kier molecular flexibility index (Phi) is 4.62. The highest BCUT2D eigenvalue weighted by Crippen LogP contribution is 2.24. The smallest absolute Gasteiger partial charge is 0.0483 e. The van der Waals surface area contributed by atoms with Gasteiger partial charge < -0.3 is 4.57 Å². The van der Waals surface area contributed by atoms with Crippen LogP contribution in [0.25, 0.3) is 10.9 Å². The molecule has 0 bridgehead atoms. The maximum atomic E-state index is 2.45. The minimum absolute atomic E-state index is 1.10. The lowest BCUT2D eigenvalue weighted by molar-refractivity contribution is 0.659. The Balaban J connectivity index is 1.78. The van der Waals surface area contributed by atoms with Crippen LogP contribution in [0, 0.1) is 6.92 Å². The molecule has 0 fully saturated rings. The van der Waals surface area contributed by atoms with Crippen LogP contribution in [-0.2, 0) is 19.4 Å². The van der Waals surface area contributed by atoms with Gasteiger partial charge in [0.2, 0.25) is 0 Å². The molecule has 114 valence electrons. The second kappa shape index (κ2) is 6.83.